The Labute approximate surface area is 116 Å². The Morgan fingerprint density at radius 2 is 2.16 bits per heavy atom. The van der Waals surface area contributed by atoms with Crippen LogP contribution in [-0.4, -0.2) is 35.7 Å². The van der Waals surface area contributed by atoms with Crippen molar-refractivity contribution in [1.29, 1.82) is 0 Å². The lowest BCUT2D eigenvalue weighted by atomic mass is 10.1. The van der Waals surface area contributed by atoms with Crippen LogP contribution in [0.15, 0.2) is 35.9 Å². The summed E-state index contributed by atoms with van der Waals surface area (Å²) in [5, 5.41) is 8.96. The van der Waals surface area contributed by atoms with Crippen LogP contribution in [0.3, 0.4) is 0 Å². The van der Waals surface area contributed by atoms with Gasteiger partial charge < -0.3 is 5.11 Å². The Balaban J connectivity index is 1.90. The van der Waals surface area contributed by atoms with Crippen LogP contribution < -0.4 is 0 Å². The molecule has 1 atom stereocenters. The quantitative estimate of drug-likeness (QED) is 0.847. The van der Waals surface area contributed by atoms with Crippen LogP contribution in [0.5, 0.6) is 0 Å². The second kappa shape index (κ2) is 7.46. The summed E-state index contributed by atoms with van der Waals surface area (Å²) in [6.07, 6.45) is 6.94. The van der Waals surface area contributed by atoms with Gasteiger partial charge in [0.1, 0.15) is 0 Å². The standard InChI is InChI=1S/C17H25NO/c1-15(13-16-7-3-2-4-8-16)14-18-11-5-9-17(18)10-6-12-19/h2-4,7-8,13,17,19H,5-6,9-12,14H2,1H3/b15-13-. The van der Waals surface area contributed by atoms with Crippen LogP contribution in [0.2, 0.25) is 0 Å². The van der Waals surface area contributed by atoms with E-state index in [1.807, 2.05) is 0 Å². The summed E-state index contributed by atoms with van der Waals surface area (Å²) in [6, 6.07) is 11.2. The van der Waals surface area contributed by atoms with Gasteiger partial charge in [-0.15, -0.1) is 0 Å². The first-order valence-corrected chi connectivity index (χ1v) is 7.36. The fourth-order valence-electron chi connectivity index (χ4n) is 2.96. The van der Waals surface area contributed by atoms with E-state index in [0.717, 1.165) is 19.4 Å². The number of aliphatic hydroxyl groups excluding tert-OH is 1. The number of benzene rings is 1. The highest BCUT2D eigenvalue weighted by Gasteiger charge is 2.23. The third-order valence-electron chi connectivity index (χ3n) is 3.86. The van der Waals surface area contributed by atoms with Gasteiger partial charge in [0, 0.05) is 19.2 Å². The van der Waals surface area contributed by atoms with Crippen molar-refractivity contribution in [2.24, 2.45) is 0 Å². The first kappa shape index (κ1) is 14.3. The normalized spacial score (nSPS) is 20.9. The second-order valence-electron chi connectivity index (χ2n) is 5.53. The summed E-state index contributed by atoms with van der Waals surface area (Å²) in [6.45, 7) is 4.80. The molecule has 1 heterocycles. The molecule has 0 spiro atoms. The van der Waals surface area contributed by atoms with E-state index in [1.165, 1.54) is 30.5 Å². The lowest BCUT2D eigenvalue weighted by Crippen LogP contribution is -2.31. The number of rotatable bonds is 6. The van der Waals surface area contributed by atoms with Gasteiger partial charge in [0.2, 0.25) is 0 Å². The summed E-state index contributed by atoms with van der Waals surface area (Å²) < 4.78 is 0. The van der Waals surface area contributed by atoms with E-state index in [0.29, 0.717) is 12.6 Å². The number of aliphatic hydroxyl groups is 1. The molecule has 0 aromatic heterocycles. The molecule has 1 aromatic rings. The molecule has 0 amide bonds. The van der Waals surface area contributed by atoms with Crippen LogP contribution >= 0.6 is 0 Å². The smallest absolute Gasteiger partial charge is 0.0431 e. The zero-order valence-electron chi connectivity index (χ0n) is 11.9. The second-order valence-corrected chi connectivity index (χ2v) is 5.53. The van der Waals surface area contributed by atoms with Gasteiger partial charge in [-0.25, -0.2) is 0 Å². The van der Waals surface area contributed by atoms with E-state index >= 15 is 0 Å². The van der Waals surface area contributed by atoms with Crippen molar-refractivity contribution in [3.63, 3.8) is 0 Å². The van der Waals surface area contributed by atoms with E-state index in [4.69, 9.17) is 5.11 Å². The number of nitrogens with zero attached hydrogens (tertiary/aromatic N) is 1. The Bertz CT molecular complexity index is 399. The summed E-state index contributed by atoms with van der Waals surface area (Å²) in [5.41, 5.74) is 2.70. The van der Waals surface area contributed by atoms with Crippen molar-refractivity contribution >= 4 is 6.08 Å². The predicted octanol–water partition coefficient (Wildman–Crippen LogP) is 3.33. The number of likely N-dealkylation sites (tertiary alicyclic amines) is 1. The molecule has 104 valence electrons. The molecule has 1 saturated heterocycles. The Morgan fingerprint density at radius 3 is 2.89 bits per heavy atom. The minimum Gasteiger partial charge on any atom is -0.396 e. The third-order valence-corrected chi connectivity index (χ3v) is 3.86. The van der Waals surface area contributed by atoms with Gasteiger partial charge in [-0.3, -0.25) is 4.90 Å². The molecule has 1 aliphatic heterocycles. The Hall–Kier alpha value is -1.12. The average molecular weight is 259 g/mol. The molecule has 0 radical (unpaired) electrons. The molecule has 2 heteroatoms. The zero-order chi connectivity index (χ0) is 13.5. The van der Waals surface area contributed by atoms with E-state index in [1.54, 1.807) is 0 Å². The first-order chi connectivity index (χ1) is 9.29. The van der Waals surface area contributed by atoms with Crippen molar-refractivity contribution in [3.05, 3.63) is 41.5 Å². The van der Waals surface area contributed by atoms with Crippen LogP contribution in [0.25, 0.3) is 6.08 Å². The summed E-state index contributed by atoms with van der Waals surface area (Å²) in [4.78, 5) is 2.57. The molecule has 19 heavy (non-hydrogen) atoms. The zero-order valence-corrected chi connectivity index (χ0v) is 11.9. The monoisotopic (exact) mass is 259 g/mol. The third kappa shape index (κ3) is 4.48. The van der Waals surface area contributed by atoms with Gasteiger partial charge >= 0.3 is 0 Å². The summed E-state index contributed by atoms with van der Waals surface area (Å²) in [7, 11) is 0. The van der Waals surface area contributed by atoms with Crippen molar-refractivity contribution in [3.8, 4) is 0 Å². The molecule has 2 nitrogen and oxygen atoms in total. The number of hydrogen-bond donors (Lipinski definition) is 1. The molecule has 1 unspecified atom stereocenters. The molecule has 2 rings (SSSR count). The van der Waals surface area contributed by atoms with Crippen LogP contribution in [0.1, 0.15) is 38.2 Å². The lowest BCUT2D eigenvalue weighted by Gasteiger charge is -2.24. The van der Waals surface area contributed by atoms with Crippen molar-refractivity contribution in [2.75, 3.05) is 19.7 Å². The van der Waals surface area contributed by atoms with E-state index in [-0.39, 0.29) is 0 Å². The minimum absolute atomic E-state index is 0.323. The van der Waals surface area contributed by atoms with Gasteiger partial charge in [-0.1, -0.05) is 42.0 Å². The molecular weight excluding hydrogens is 234 g/mol. The molecule has 1 fully saturated rings. The van der Waals surface area contributed by atoms with Crippen LogP contribution in [0, 0.1) is 0 Å². The maximum atomic E-state index is 8.96. The fourth-order valence-corrected chi connectivity index (χ4v) is 2.96. The largest absolute Gasteiger partial charge is 0.396 e. The van der Waals surface area contributed by atoms with Crippen LogP contribution in [0.4, 0.5) is 0 Å². The minimum atomic E-state index is 0.323. The maximum Gasteiger partial charge on any atom is 0.0431 e. The molecular formula is C17H25NO. The Kier molecular flexibility index (Phi) is 5.62. The fraction of sp³-hybridized carbons (Fsp3) is 0.529. The molecule has 1 aliphatic rings. The van der Waals surface area contributed by atoms with E-state index in [2.05, 4.69) is 48.2 Å². The molecule has 0 bridgehead atoms. The summed E-state index contributed by atoms with van der Waals surface area (Å²) in [5.74, 6) is 0. The molecule has 1 aromatic carbocycles. The predicted molar refractivity (Wildman–Crippen MR) is 81.0 cm³/mol. The van der Waals surface area contributed by atoms with Crippen molar-refractivity contribution in [1.82, 2.24) is 4.90 Å². The van der Waals surface area contributed by atoms with E-state index < -0.39 is 0 Å². The average Bonchev–Trinajstić information content (AvgIpc) is 2.84. The topological polar surface area (TPSA) is 23.5 Å². The lowest BCUT2D eigenvalue weighted by molar-refractivity contribution is 0.228. The highest BCUT2D eigenvalue weighted by atomic mass is 16.2. The summed E-state index contributed by atoms with van der Waals surface area (Å²) >= 11 is 0. The first-order valence-electron chi connectivity index (χ1n) is 7.36. The van der Waals surface area contributed by atoms with Crippen molar-refractivity contribution in [2.45, 2.75) is 38.6 Å². The van der Waals surface area contributed by atoms with Gasteiger partial charge in [-0.05, 0) is 44.7 Å². The molecule has 0 saturated carbocycles. The van der Waals surface area contributed by atoms with Gasteiger partial charge in [0.15, 0.2) is 0 Å². The number of hydrogen-bond acceptors (Lipinski definition) is 2. The van der Waals surface area contributed by atoms with Crippen LogP contribution in [-0.2, 0) is 0 Å². The molecule has 1 N–H and O–H groups in total. The van der Waals surface area contributed by atoms with Gasteiger partial charge in [0.25, 0.3) is 0 Å². The SMILES string of the molecule is C/C(=C/c1ccccc1)CN1CCCC1CCCO. The van der Waals surface area contributed by atoms with E-state index in [9.17, 15) is 0 Å². The maximum absolute atomic E-state index is 8.96. The van der Waals surface area contributed by atoms with Gasteiger partial charge in [-0.2, -0.15) is 0 Å². The Morgan fingerprint density at radius 1 is 1.37 bits per heavy atom. The highest BCUT2D eigenvalue weighted by molar-refractivity contribution is 5.52. The van der Waals surface area contributed by atoms with Crippen molar-refractivity contribution < 1.29 is 5.11 Å². The van der Waals surface area contributed by atoms with Gasteiger partial charge in [0.05, 0.1) is 0 Å². The highest BCUT2D eigenvalue weighted by Crippen LogP contribution is 2.22. The molecule has 0 aliphatic carbocycles.